The van der Waals surface area contributed by atoms with E-state index in [0.717, 1.165) is 13.0 Å². The van der Waals surface area contributed by atoms with Gasteiger partial charge in [-0.15, -0.1) is 0 Å². The van der Waals surface area contributed by atoms with Gasteiger partial charge < -0.3 is 19.8 Å². The molecule has 0 saturated carbocycles. The van der Waals surface area contributed by atoms with Crippen molar-refractivity contribution in [2.24, 2.45) is 0 Å². The summed E-state index contributed by atoms with van der Waals surface area (Å²) in [6.45, 7) is 1.60. The van der Waals surface area contributed by atoms with Crippen LogP contribution in [0.5, 0.6) is 0 Å². The number of benzene rings is 1. The van der Waals surface area contributed by atoms with Gasteiger partial charge in [0.2, 0.25) is 0 Å². The summed E-state index contributed by atoms with van der Waals surface area (Å²) in [5.74, 6) is 0. The van der Waals surface area contributed by atoms with Gasteiger partial charge in [-0.3, -0.25) is 0 Å². The molecule has 1 aliphatic heterocycles. The molecule has 1 aromatic carbocycles. The number of hydrogen-bond donors (Lipinski definition) is 2. The highest BCUT2D eigenvalue weighted by Crippen LogP contribution is 2.10. The summed E-state index contributed by atoms with van der Waals surface area (Å²) in [5.41, 5.74) is 1.37. The van der Waals surface area contributed by atoms with E-state index < -0.39 is 12.4 Å². The molecule has 1 heterocycles. The monoisotopic (exact) mass is 253 g/mol. The zero-order valence-corrected chi connectivity index (χ0v) is 11.1. The first-order valence-electron chi connectivity index (χ1n) is 6.26. The van der Waals surface area contributed by atoms with Gasteiger partial charge in [-0.2, -0.15) is 0 Å². The quantitative estimate of drug-likeness (QED) is 0.832. The van der Waals surface area contributed by atoms with E-state index in [1.807, 2.05) is 6.07 Å². The van der Waals surface area contributed by atoms with Crippen LogP contribution in [0.1, 0.15) is 18.4 Å². The summed E-state index contributed by atoms with van der Waals surface area (Å²) in [5, 5.41) is 17.5. The molecule has 1 fully saturated rings. The maximum absolute atomic E-state index is 8.80. The normalized spacial score (nSPS) is 23.4. The third kappa shape index (κ3) is 6.12. The molecule has 1 saturated heterocycles. The summed E-state index contributed by atoms with van der Waals surface area (Å²) in [6.07, 6.45) is -0.105. The van der Waals surface area contributed by atoms with Gasteiger partial charge in [0.05, 0.1) is 0 Å². The largest absolute Gasteiger partial charge is 0.388 e. The second-order valence-corrected chi connectivity index (χ2v) is 4.69. The zero-order chi connectivity index (χ0) is 13.4. The molecule has 4 heteroatoms. The van der Waals surface area contributed by atoms with E-state index in [0.29, 0.717) is 13.0 Å². The summed E-state index contributed by atoms with van der Waals surface area (Å²) in [4.78, 5) is 2.16. The molecular weight excluding hydrogens is 230 g/mol. The van der Waals surface area contributed by atoms with Crippen molar-refractivity contribution in [2.45, 2.75) is 31.8 Å². The molecule has 2 rings (SSSR count). The minimum absolute atomic E-state index is 0.568. The molecule has 4 nitrogen and oxygen atoms in total. The van der Waals surface area contributed by atoms with Gasteiger partial charge in [0.15, 0.2) is 6.29 Å². The first-order valence-corrected chi connectivity index (χ1v) is 6.26. The Bertz CT molecular complexity index is 306. The lowest BCUT2D eigenvalue weighted by Crippen LogP contribution is -2.33. The predicted octanol–water partition coefficient (Wildman–Crippen LogP) is 1.22. The average molecular weight is 253 g/mol. The van der Waals surface area contributed by atoms with E-state index in [4.69, 9.17) is 14.9 Å². The lowest BCUT2D eigenvalue weighted by atomic mass is 10.1. The molecule has 2 atom stereocenters. The van der Waals surface area contributed by atoms with Crippen molar-refractivity contribution < 1.29 is 14.9 Å². The average Bonchev–Trinajstić information content (AvgIpc) is 2.34. The number of aliphatic hydroxyl groups excluding tert-OH is 2. The Hall–Kier alpha value is -0.940. The highest BCUT2D eigenvalue weighted by molar-refractivity contribution is 5.14. The molecule has 2 unspecified atom stereocenters. The lowest BCUT2D eigenvalue weighted by molar-refractivity contribution is -0.185. The van der Waals surface area contributed by atoms with Crippen LogP contribution in [0.25, 0.3) is 0 Å². The minimum atomic E-state index is -0.941. The maximum Gasteiger partial charge on any atom is 0.180 e. The molecule has 0 aromatic heterocycles. The number of nitrogens with zero attached hydrogens (tertiary/aromatic N) is 1. The van der Waals surface area contributed by atoms with E-state index in [1.165, 1.54) is 5.56 Å². The van der Waals surface area contributed by atoms with Crippen LogP contribution >= 0.6 is 0 Å². The van der Waals surface area contributed by atoms with Gasteiger partial charge in [0.25, 0.3) is 0 Å². The van der Waals surface area contributed by atoms with Crippen molar-refractivity contribution in [3.8, 4) is 0 Å². The highest BCUT2D eigenvalue weighted by Gasteiger charge is 2.20. The molecular formula is C14H23NO3. The molecule has 0 amide bonds. The van der Waals surface area contributed by atoms with Crippen LogP contribution in [0.4, 0.5) is 0 Å². The molecule has 0 aliphatic carbocycles. The van der Waals surface area contributed by atoms with E-state index in [1.54, 1.807) is 0 Å². The van der Waals surface area contributed by atoms with Crippen molar-refractivity contribution in [2.75, 3.05) is 20.7 Å². The maximum atomic E-state index is 8.80. The van der Waals surface area contributed by atoms with Gasteiger partial charge in [-0.25, -0.2) is 0 Å². The van der Waals surface area contributed by atoms with Crippen LogP contribution in [-0.4, -0.2) is 48.2 Å². The van der Waals surface area contributed by atoms with Crippen LogP contribution in [0.3, 0.4) is 0 Å². The van der Waals surface area contributed by atoms with Gasteiger partial charge in [-0.1, -0.05) is 30.3 Å². The van der Waals surface area contributed by atoms with Gasteiger partial charge in [0, 0.05) is 13.2 Å². The third-order valence-electron chi connectivity index (χ3n) is 2.60. The Morgan fingerprint density at radius 2 is 1.89 bits per heavy atom. The predicted molar refractivity (Wildman–Crippen MR) is 71.0 cm³/mol. The highest BCUT2D eigenvalue weighted by atomic mass is 16.6. The summed E-state index contributed by atoms with van der Waals surface area (Å²) >= 11 is 0. The molecule has 18 heavy (non-hydrogen) atoms. The Morgan fingerprint density at radius 3 is 2.33 bits per heavy atom. The molecule has 0 radical (unpaired) electrons. The fourth-order valence-electron chi connectivity index (χ4n) is 1.70. The fraction of sp³-hybridized carbons (Fsp3) is 0.571. The van der Waals surface area contributed by atoms with Crippen LogP contribution < -0.4 is 0 Å². The summed E-state index contributed by atoms with van der Waals surface area (Å²) < 4.78 is 4.70. The van der Waals surface area contributed by atoms with Crippen molar-refractivity contribution in [3.63, 3.8) is 0 Å². The Morgan fingerprint density at radius 1 is 1.22 bits per heavy atom. The van der Waals surface area contributed by atoms with Crippen LogP contribution in [0.2, 0.25) is 0 Å². The van der Waals surface area contributed by atoms with Crippen molar-refractivity contribution in [1.29, 1.82) is 0 Å². The topological polar surface area (TPSA) is 52.9 Å². The standard InChI is InChI=1S/C9H13N.C5H10O3/c1-10(2)8-9-6-4-3-5-7-9;6-4-2-1-3-8-5(4)7/h3-7H,8H2,1-2H3;4-7H,1-3H2. The Labute approximate surface area is 109 Å². The second-order valence-electron chi connectivity index (χ2n) is 4.69. The van der Waals surface area contributed by atoms with Crippen LogP contribution in [0, 0.1) is 0 Å². The van der Waals surface area contributed by atoms with E-state index in [2.05, 4.69) is 43.3 Å². The second kappa shape index (κ2) is 8.21. The van der Waals surface area contributed by atoms with E-state index in [-0.39, 0.29) is 0 Å². The van der Waals surface area contributed by atoms with Crippen LogP contribution in [0.15, 0.2) is 30.3 Å². The van der Waals surface area contributed by atoms with Crippen LogP contribution in [-0.2, 0) is 11.3 Å². The summed E-state index contributed by atoms with van der Waals surface area (Å²) in [6, 6.07) is 10.5. The number of rotatable bonds is 2. The smallest absolute Gasteiger partial charge is 0.180 e. The molecule has 0 spiro atoms. The molecule has 1 aliphatic rings. The van der Waals surface area contributed by atoms with E-state index >= 15 is 0 Å². The van der Waals surface area contributed by atoms with Crippen molar-refractivity contribution in [1.82, 2.24) is 4.90 Å². The van der Waals surface area contributed by atoms with E-state index in [9.17, 15) is 0 Å². The van der Waals surface area contributed by atoms with Gasteiger partial charge in [-0.05, 0) is 32.5 Å². The molecule has 1 aromatic rings. The number of ether oxygens (including phenoxy) is 1. The zero-order valence-electron chi connectivity index (χ0n) is 11.1. The Balaban J connectivity index is 0.000000184. The van der Waals surface area contributed by atoms with Crippen molar-refractivity contribution >= 4 is 0 Å². The molecule has 0 bridgehead atoms. The fourth-order valence-corrected chi connectivity index (χ4v) is 1.70. The number of aliphatic hydroxyl groups is 2. The summed E-state index contributed by atoms with van der Waals surface area (Å²) in [7, 11) is 4.15. The molecule has 2 N–H and O–H groups in total. The molecule has 102 valence electrons. The third-order valence-corrected chi connectivity index (χ3v) is 2.60. The lowest BCUT2D eigenvalue weighted by Gasteiger charge is -2.22. The van der Waals surface area contributed by atoms with Gasteiger partial charge in [0.1, 0.15) is 6.10 Å². The Kier molecular flexibility index (Phi) is 6.90. The first kappa shape index (κ1) is 15.1. The van der Waals surface area contributed by atoms with Crippen molar-refractivity contribution in [3.05, 3.63) is 35.9 Å². The first-order chi connectivity index (χ1) is 8.59. The SMILES string of the molecule is CN(C)Cc1ccccc1.OC1CCCOC1O. The van der Waals surface area contributed by atoms with Gasteiger partial charge >= 0.3 is 0 Å². The number of hydrogen-bond acceptors (Lipinski definition) is 4. The minimum Gasteiger partial charge on any atom is -0.388 e.